The summed E-state index contributed by atoms with van der Waals surface area (Å²) < 4.78 is 46.3. The first kappa shape index (κ1) is 70.0. The third-order valence-corrected chi connectivity index (χ3v) is 15.9. The minimum absolute atomic E-state index is 0.0440. The Morgan fingerprint density at radius 3 is 1.52 bits per heavy atom. The van der Waals surface area contributed by atoms with Gasteiger partial charge in [0.25, 0.3) is 11.1 Å². The molecule has 2 unspecified atom stereocenters. The molecule has 6 aliphatic rings. The number of piperazine rings is 2. The van der Waals surface area contributed by atoms with Crippen LogP contribution >= 0.6 is 0 Å². The molecule has 4 N–H and O–H groups in total. The van der Waals surface area contributed by atoms with Gasteiger partial charge < -0.3 is 63.9 Å². The van der Waals surface area contributed by atoms with Gasteiger partial charge in [-0.15, -0.1) is 0 Å². The van der Waals surface area contributed by atoms with Gasteiger partial charge in [-0.2, -0.15) is 0 Å². The Labute approximate surface area is 514 Å². The van der Waals surface area contributed by atoms with Gasteiger partial charge in [0.1, 0.15) is 17.9 Å². The van der Waals surface area contributed by atoms with Crippen molar-refractivity contribution in [2.45, 2.75) is 90.5 Å². The molecule has 21 heteroatoms. The number of anilines is 2. The van der Waals surface area contributed by atoms with Crippen molar-refractivity contribution in [2.24, 2.45) is 0 Å². The van der Waals surface area contributed by atoms with Gasteiger partial charge >= 0.3 is 0 Å². The molecule has 0 saturated carbocycles. The van der Waals surface area contributed by atoms with Gasteiger partial charge in [-0.05, 0) is 87.6 Å². The number of carbonyl (C=O) groups excluding carboxylic acids is 2. The number of ether oxygens (including phenoxy) is 4. The van der Waals surface area contributed by atoms with E-state index in [0.29, 0.717) is 68.9 Å². The van der Waals surface area contributed by atoms with Crippen molar-refractivity contribution in [1.29, 1.82) is 0 Å². The largest absolute Gasteiger partial charge is 0.379 e. The maximum atomic E-state index is 13.2. The second kappa shape index (κ2) is 34.6. The highest BCUT2D eigenvalue weighted by molar-refractivity contribution is 5.97. The van der Waals surface area contributed by atoms with Crippen LogP contribution in [-0.4, -0.2) is 212 Å². The van der Waals surface area contributed by atoms with Crippen LogP contribution in [0.15, 0.2) is 88.5 Å². The molecule has 0 radical (unpaired) electrons. The number of halogens is 2. The lowest BCUT2D eigenvalue weighted by molar-refractivity contribution is -0.120. The van der Waals surface area contributed by atoms with E-state index in [4.69, 9.17) is 18.9 Å². The first-order chi connectivity index (χ1) is 41.6. The molecule has 0 aliphatic carbocycles. The van der Waals surface area contributed by atoms with E-state index in [9.17, 15) is 28.0 Å². The van der Waals surface area contributed by atoms with E-state index >= 15 is 0 Å². The molecule has 11 rings (SSSR count). The first-order valence-electron chi connectivity index (χ1n) is 30.4. The summed E-state index contributed by atoms with van der Waals surface area (Å²) in [5.74, 6) is -0.513. The van der Waals surface area contributed by atoms with Crippen LogP contribution in [0.2, 0.25) is 0 Å². The van der Waals surface area contributed by atoms with Crippen molar-refractivity contribution in [2.75, 3.05) is 163 Å². The average Bonchev–Trinajstić information content (AvgIpc) is 1.73. The number of pyridine rings is 3. The zero-order valence-corrected chi connectivity index (χ0v) is 53.4. The molecular formula is C66H97F2N11O8. The number of aromatic nitrogens is 3. The van der Waals surface area contributed by atoms with E-state index < -0.39 is 0 Å². The van der Waals surface area contributed by atoms with E-state index in [1.54, 1.807) is 38.5 Å². The predicted octanol–water partition coefficient (Wildman–Crippen LogP) is 5.61. The average molecular weight is 1210 g/mol. The van der Waals surface area contributed by atoms with Crippen LogP contribution in [0.1, 0.15) is 86.6 Å². The van der Waals surface area contributed by atoms with Crippen molar-refractivity contribution in [1.82, 2.24) is 45.2 Å². The summed E-state index contributed by atoms with van der Waals surface area (Å²) in [6.07, 6.45) is 1.87. The normalized spacial score (nSPS) is 19.8. The molecule has 9 heterocycles. The van der Waals surface area contributed by atoms with Gasteiger partial charge in [-0.3, -0.25) is 29.2 Å². The number of benzene rings is 2. The van der Waals surface area contributed by atoms with Gasteiger partial charge in [-0.1, -0.05) is 58.0 Å². The quantitative estimate of drug-likeness (QED) is 0.113. The minimum atomic E-state index is -0.324. The molecule has 1 amide bonds. The summed E-state index contributed by atoms with van der Waals surface area (Å²) >= 11 is 0. The van der Waals surface area contributed by atoms with Gasteiger partial charge in [0, 0.05) is 158 Å². The van der Waals surface area contributed by atoms with Crippen LogP contribution in [0.5, 0.6) is 0 Å². The lowest BCUT2D eigenvalue weighted by atomic mass is 9.91. The van der Waals surface area contributed by atoms with E-state index in [1.165, 1.54) is 24.3 Å². The number of likely N-dealkylation sites (N-methyl/N-ethyl adjacent to an activating group) is 3. The van der Waals surface area contributed by atoms with Crippen molar-refractivity contribution < 1.29 is 37.3 Å². The Morgan fingerprint density at radius 1 is 0.644 bits per heavy atom. The number of H-pyrrole nitrogens is 2. The number of amides is 1. The SMILES string of the molecule is CC1CN(CC(=O)N2CC(C)(C)c3[nH]c(=O)c(Cc4ccc(F)cc4)cc32)CCN1.CC1CN(CC=O)CCN1.CN1CC(C)(C)c2[nH]c(=O)c(Cc3ccc(F)cc3)cc21.CN1CCOCC1.CN1CCOCC1.COCc1cccc(COC)n1. The summed E-state index contributed by atoms with van der Waals surface area (Å²) in [6, 6.07) is 23.0. The molecule has 478 valence electrons. The third-order valence-electron chi connectivity index (χ3n) is 15.9. The molecule has 2 aromatic carbocycles. The second-order valence-electron chi connectivity index (χ2n) is 24.7. The van der Waals surface area contributed by atoms with Crippen LogP contribution in [0, 0.1) is 11.6 Å². The number of hydrogen-bond donors (Lipinski definition) is 4. The highest BCUT2D eigenvalue weighted by Gasteiger charge is 2.40. The molecule has 0 bridgehead atoms. The number of nitrogens with zero attached hydrogens (tertiary/aromatic N) is 7. The maximum Gasteiger partial charge on any atom is 0.251 e. The van der Waals surface area contributed by atoms with Gasteiger partial charge in [-0.25, -0.2) is 8.78 Å². The first-order valence-corrected chi connectivity index (χ1v) is 30.4. The summed E-state index contributed by atoms with van der Waals surface area (Å²) in [7, 11) is 9.58. The molecule has 4 saturated heterocycles. The van der Waals surface area contributed by atoms with E-state index in [-0.39, 0.29) is 39.5 Å². The number of fused-ring (bicyclic) bond motifs is 2. The molecule has 4 fully saturated rings. The highest BCUT2D eigenvalue weighted by Crippen LogP contribution is 2.40. The van der Waals surface area contributed by atoms with Crippen LogP contribution in [0.3, 0.4) is 0 Å². The van der Waals surface area contributed by atoms with Crippen LogP contribution < -0.4 is 31.6 Å². The fraction of sp³-hybridized carbons (Fsp3) is 0.561. The minimum Gasteiger partial charge on any atom is -0.379 e. The van der Waals surface area contributed by atoms with E-state index in [2.05, 4.69) is 91.9 Å². The topological polar surface area (TPSA) is 193 Å². The standard InChI is InChI=1S/C23H29FN4O2.C17H19FN2O.C9H13NO2.C7H14N2O.2C5H11NO/c1-15-12-27(9-8-25-15)13-20(29)28-14-23(2,3)21-19(28)11-17(22(30)26-21)10-16-4-6-18(24)7-5-16;1-17(2)10-20(3)14-9-12(16(21)19-15(14)17)8-11-4-6-13(18)7-5-11;1-11-6-8-4-3-5-9(10-8)7-12-2;1-7-6-9(4-5-10)3-2-8-7;2*1-6-2-4-7-5-3-6/h4-7,11,15,25H,8-10,12-14H2,1-3H3,(H,26,30);4-7,9H,8,10H2,1-3H3,(H,19,21);3-5H,6-7H2,1-2H3;5,7-8H,2-4,6H2,1H3;2*2-5H2,1H3. The zero-order valence-electron chi connectivity index (χ0n) is 53.4. The zero-order chi connectivity index (χ0) is 63.1. The summed E-state index contributed by atoms with van der Waals surface area (Å²) in [5, 5.41) is 6.71. The summed E-state index contributed by atoms with van der Waals surface area (Å²) in [6.45, 7) is 29.7. The molecule has 0 spiro atoms. The number of morpholine rings is 2. The Morgan fingerprint density at radius 2 is 1.08 bits per heavy atom. The van der Waals surface area contributed by atoms with Gasteiger partial charge in [0.2, 0.25) is 5.91 Å². The van der Waals surface area contributed by atoms with E-state index in [1.807, 2.05) is 56.1 Å². The van der Waals surface area contributed by atoms with Crippen LogP contribution in [-0.2, 0) is 65.4 Å². The smallest absolute Gasteiger partial charge is 0.251 e. The van der Waals surface area contributed by atoms with Crippen molar-refractivity contribution in [3.8, 4) is 0 Å². The monoisotopic (exact) mass is 1210 g/mol. The Bertz CT molecular complexity index is 2990. The Kier molecular flexibility index (Phi) is 27.8. The number of nitrogens with one attached hydrogen (secondary N) is 4. The Hall–Kier alpha value is -6.11. The number of methoxy groups -OCH3 is 2. The fourth-order valence-corrected chi connectivity index (χ4v) is 11.1. The van der Waals surface area contributed by atoms with E-state index in [0.717, 1.165) is 150 Å². The second-order valence-corrected chi connectivity index (χ2v) is 24.7. The van der Waals surface area contributed by atoms with Gasteiger partial charge in [0.15, 0.2) is 0 Å². The molecule has 5 aromatic rings. The molecular weight excluding hydrogens is 1110 g/mol. The number of carbonyl (C=O) groups is 2. The van der Waals surface area contributed by atoms with Crippen LogP contribution in [0.25, 0.3) is 0 Å². The molecule has 6 aliphatic heterocycles. The molecule has 19 nitrogen and oxygen atoms in total. The molecule has 3 aromatic heterocycles. The lowest BCUT2D eigenvalue weighted by Gasteiger charge is -2.32. The lowest BCUT2D eigenvalue weighted by Crippen LogP contribution is -2.52. The third kappa shape index (κ3) is 22.5. The number of hydrogen-bond acceptors (Lipinski definition) is 16. The van der Waals surface area contributed by atoms with Crippen molar-refractivity contribution in [3.63, 3.8) is 0 Å². The van der Waals surface area contributed by atoms with Gasteiger partial charge in [0.05, 0.1) is 75.5 Å². The maximum absolute atomic E-state index is 13.2. The summed E-state index contributed by atoms with van der Waals surface area (Å²) in [4.78, 5) is 71.5. The summed E-state index contributed by atoms with van der Waals surface area (Å²) in [5.41, 5.74) is 8.03. The van der Waals surface area contributed by atoms with Crippen molar-refractivity contribution >= 4 is 23.6 Å². The highest BCUT2D eigenvalue weighted by atomic mass is 19.1. The number of aldehydes is 1. The molecule has 87 heavy (non-hydrogen) atoms. The number of rotatable bonds is 12. The molecule has 2 atom stereocenters. The number of aromatic amines is 2. The fourth-order valence-electron chi connectivity index (χ4n) is 11.1. The predicted molar refractivity (Wildman–Crippen MR) is 340 cm³/mol. The Balaban J connectivity index is 0.000000183. The van der Waals surface area contributed by atoms with Crippen molar-refractivity contribution in [3.05, 3.63) is 156 Å². The van der Waals surface area contributed by atoms with Crippen LogP contribution in [0.4, 0.5) is 20.2 Å².